The normalized spacial score (nSPS) is 17.4. The number of nitrogens with one attached hydrogen (secondary N) is 1. The van der Waals surface area contributed by atoms with Crippen LogP contribution >= 0.6 is 0 Å². The SMILES string of the molecule is CCNc1nc(C2CCCc3ccccc32)nc(C)c1F. The summed E-state index contributed by atoms with van der Waals surface area (Å²) in [7, 11) is 0. The van der Waals surface area contributed by atoms with Crippen LogP contribution in [-0.4, -0.2) is 16.5 Å². The number of hydrogen-bond donors (Lipinski definition) is 1. The van der Waals surface area contributed by atoms with Crippen LogP contribution in [0.5, 0.6) is 0 Å². The van der Waals surface area contributed by atoms with Gasteiger partial charge in [0.2, 0.25) is 0 Å². The average molecular weight is 285 g/mol. The molecule has 3 nitrogen and oxygen atoms in total. The molecule has 0 spiro atoms. The first-order valence-electron chi connectivity index (χ1n) is 7.56. The molecule has 1 aromatic heterocycles. The number of nitrogens with zero attached hydrogens (tertiary/aromatic N) is 2. The lowest BCUT2D eigenvalue weighted by atomic mass is 9.82. The molecule has 0 fully saturated rings. The molecule has 4 heteroatoms. The van der Waals surface area contributed by atoms with E-state index in [2.05, 4.69) is 39.6 Å². The van der Waals surface area contributed by atoms with Gasteiger partial charge in [-0.3, -0.25) is 0 Å². The fourth-order valence-electron chi connectivity index (χ4n) is 3.04. The van der Waals surface area contributed by atoms with Gasteiger partial charge in [-0.15, -0.1) is 0 Å². The number of fused-ring (bicyclic) bond motifs is 1. The highest BCUT2D eigenvalue weighted by Gasteiger charge is 2.25. The maximum absolute atomic E-state index is 14.0. The molecule has 2 aromatic rings. The van der Waals surface area contributed by atoms with Gasteiger partial charge in [0.05, 0.1) is 5.69 Å². The minimum absolute atomic E-state index is 0.173. The fraction of sp³-hybridized carbons (Fsp3) is 0.412. The molecule has 110 valence electrons. The Balaban J connectivity index is 2.05. The van der Waals surface area contributed by atoms with Crippen molar-refractivity contribution in [2.75, 3.05) is 11.9 Å². The standard InChI is InChI=1S/C17H20FN3/c1-3-19-17-15(18)11(2)20-16(21-17)14-10-6-8-12-7-4-5-9-13(12)14/h4-5,7,9,14H,3,6,8,10H2,1-2H3,(H,19,20,21). The first-order valence-corrected chi connectivity index (χ1v) is 7.56. The highest BCUT2D eigenvalue weighted by atomic mass is 19.1. The van der Waals surface area contributed by atoms with Crippen LogP contribution in [0, 0.1) is 12.7 Å². The maximum Gasteiger partial charge on any atom is 0.186 e. The maximum atomic E-state index is 14.0. The lowest BCUT2D eigenvalue weighted by Crippen LogP contribution is -2.16. The van der Waals surface area contributed by atoms with Gasteiger partial charge in [0.1, 0.15) is 5.82 Å². The Hall–Kier alpha value is -1.97. The molecule has 1 aliphatic rings. The van der Waals surface area contributed by atoms with Gasteiger partial charge in [-0.1, -0.05) is 24.3 Å². The zero-order chi connectivity index (χ0) is 14.8. The molecular weight excluding hydrogens is 265 g/mol. The van der Waals surface area contributed by atoms with Crippen LogP contribution in [-0.2, 0) is 6.42 Å². The summed E-state index contributed by atoms with van der Waals surface area (Å²) in [6.07, 6.45) is 3.25. The average Bonchev–Trinajstić information content (AvgIpc) is 2.51. The van der Waals surface area contributed by atoms with E-state index in [-0.39, 0.29) is 11.7 Å². The molecule has 21 heavy (non-hydrogen) atoms. The van der Waals surface area contributed by atoms with Gasteiger partial charge in [0.15, 0.2) is 11.6 Å². The van der Waals surface area contributed by atoms with E-state index in [9.17, 15) is 4.39 Å². The van der Waals surface area contributed by atoms with Gasteiger partial charge in [0, 0.05) is 12.5 Å². The van der Waals surface area contributed by atoms with E-state index >= 15 is 0 Å². The van der Waals surface area contributed by atoms with Crippen molar-refractivity contribution in [2.24, 2.45) is 0 Å². The molecule has 1 heterocycles. The lowest BCUT2D eigenvalue weighted by molar-refractivity contribution is 0.565. The Morgan fingerprint density at radius 2 is 2.10 bits per heavy atom. The van der Waals surface area contributed by atoms with Crippen molar-refractivity contribution in [1.82, 2.24) is 9.97 Å². The molecule has 1 aromatic carbocycles. The second-order valence-corrected chi connectivity index (χ2v) is 5.50. The third-order valence-electron chi connectivity index (χ3n) is 4.06. The smallest absolute Gasteiger partial charge is 0.186 e. The van der Waals surface area contributed by atoms with Crippen LogP contribution in [0.4, 0.5) is 10.2 Å². The van der Waals surface area contributed by atoms with Crippen molar-refractivity contribution in [2.45, 2.75) is 39.0 Å². The van der Waals surface area contributed by atoms with Gasteiger partial charge < -0.3 is 5.32 Å². The number of halogens is 1. The lowest BCUT2D eigenvalue weighted by Gasteiger charge is -2.25. The van der Waals surface area contributed by atoms with Gasteiger partial charge in [-0.2, -0.15) is 0 Å². The third kappa shape index (κ3) is 2.62. The molecule has 1 unspecified atom stereocenters. The summed E-state index contributed by atoms with van der Waals surface area (Å²) in [5, 5.41) is 2.99. The summed E-state index contributed by atoms with van der Waals surface area (Å²) < 4.78 is 14.0. The molecule has 0 radical (unpaired) electrons. The first kappa shape index (κ1) is 14.0. The fourth-order valence-corrected chi connectivity index (χ4v) is 3.04. The monoisotopic (exact) mass is 285 g/mol. The van der Waals surface area contributed by atoms with Gasteiger partial charge >= 0.3 is 0 Å². The first-order chi connectivity index (χ1) is 10.2. The van der Waals surface area contributed by atoms with E-state index in [1.54, 1.807) is 6.92 Å². The molecule has 3 rings (SSSR count). The zero-order valence-corrected chi connectivity index (χ0v) is 12.5. The van der Waals surface area contributed by atoms with Crippen LogP contribution in [0.3, 0.4) is 0 Å². The topological polar surface area (TPSA) is 37.8 Å². The second kappa shape index (κ2) is 5.80. The Morgan fingerprint density at radius 1 is 1.29 bits per heavy atom. The summed E-state index contributed by atoms with van der Waals surface area (Å²) in [5.41, 5.74) is 3.07. The number of anilines is 1. The van der Waals surface area contributed by atoms with E-state index in [1.807, 2.05) is 6.92 Å². The van der Waals surface area contributed by atoms with Crippen molar-refractivity contribution >= 4 is 5.82 Å². The molecule has 0 aliphatic heterocycles. The summed E-state index contributed by atoms with van der Waals surface area (Å²) in [4.78, 5) is 8.86. The van der Waals surface area contributed by atoms with E-state index in [0.29, 0.717) is 18.1 Å². The summed E-state index contributed by atoms with van der Waals surface area (Å²) in [6, 6.07) is 8.44. The van der Waals surface area contributed by atoms with E-state index in [0.717, 1.165) is 25.1 Å². The number of rotatable bonds is 3. The Morgan fingerprint density at radius 3 is 2.90 bits per heavy atom. The minimum Gasteiger partial charge on any atom is -0.368 e. The van der Waals surface area contributed by atoms with Crippen LogP contribution in [0.15, 0.2) is 24.3 Å². The Labute approximate surface area is 124 Å². The highest BCUT2D eigenvalue weighted by Crippen LogP contribution is 2.35. The van der Waals surface area contributed by atoms with Gasteiger partial charge in [-0.05, 0) is 44.2 Å². The number of aryl methyl sites for hydroxylation is 2. The molecule has 1 N–H and O–H groups in total. The van der Waals surface area contributed by atoms with Crippen LogP contribution in [0.2, 0.25) is 0 Å². The quantitative estimate of drug-likeness (QED) is 0.931. The molecule has 0 amide bonds. The molecule has 0 saturated carbocycles. The van der Waals surface area contributed by atoms with Crippen LogP contribution in [0.1, 0.15) is 48.3 Å². The summed E-state index contributed by atoms with van der Waals surface area (Å²) >= 11 is 0. The second-order valence-electron chi connectivity index (χ2n) is 5.50. The van der Waals surface area contributed by atoms with Gasteiger partial charge in [0.25, 0.3) is 0 Å². The predicted molar refractivity (Wildman–Crippen MR) is 82.1 cm³/mol. The molecule has 1 atom stereocenters. The number of hydrogen-bond acceptors (Lipinski definition) is 3. The van der Waals surface area contributed by atoms with E-state index in [1.165, 1.54) is 11.1 Å². The Bertz CT molecular complexity index is 654. The van der Waals surface area contributed by atoms with Gasteiger partial charge in [-0.25, -0.2) is 14.4 Å². The van der Waals surface area contributed by atoms with Crippen molar-refractivity contribution in [1.29, 1.82) is 0 Å². The number of benzene rings is 1. The zero-order valence-electron chi connectivity index (χ0n) is 12.5. The Kier molecular flexibility index (Phi) is 3.86. The third-order valence-corrected chi connectivity index (χ3v) is 4.06. The van der Waals surface area contributed by atoms with Crippen molar-refractivity contribution < 1.29 is 4.39 Å². The highest BCUT2D eigenvalue weighted by molar-refractivity contribution is 5.42. The van der Waals surface area contributed by atoms with E-state index < -0.39 is 0 Å². The molecule has 1 aliphatic carbocycles. The molecule has 0 saturated heterocycles. The summed E-state index contributed by atoms with van der Waals surface area (Å²) in [5.74, 6) is 0.886. The molecular formula is C17H20FN3. The van der Waals surface area contributed by atoms with Crippen molar-refractivity contribution in [3.05, 3.63) is 52.7 Å². The van der Waals surface area contributed by atoms with Crippen molar-refractivity contribution in [3.8, 4) is 0 Å². The minimum atomic E-state index is -0.343. The van der Waals surface area contributed by atoms with Crippen LogP contribution < -0.4 is 5.32 Å². The van der Waals surface area contributed by atoms with E-state index in [4.69, 9.17) is 0 Å². The van der Waals surface area contributed by atoms with Crippen molar-refractivity contribution in [3.63, 3.8) is 0 Å². The number of aromatic nitrogens is 2. The molecule has 0 bridgehead atoms. The van der Waals surface area contributed by atoms with Crippen LogP contribution in [0.25, 0.3) is 0 Å². The largest absolute Gasteiger partial charge is 0.368 e. The summed E-state index contributed by atoms with van der Waals surface area (Å²) in [6.45, 7) is 4.29. The predicted octanol–water partition coefficient (Wildman–Crippen LogP) is 3.82.